The van der Waals surface area contributed by atoms with Crippen LogP contribution < -0.4 is 4.72 Å². The Bertz CT molecular complexity index is 229. The summed E-state index contributed by atoms with van der Waals surface area (Å²) in [6.45, 7) is 6.02. The average Bonchev–Trinajstić information content (AvgIpc) is 1.84. The molecular formula is C8H17NO2S. The monoisotopic (exact) mass is 191 g/mol. The lowest BCUT2D eigenvalue weighted by Gasteiger charge is -2.06. The molecule has 0 aromatic rings. The molecule has 0 radical (unpaired) electrons. The van der Waals surface area contributed by atoms with Crippen molar-refractivity contribution in [3.63, 3.8) is 0 Å². The summed E-state index contributed by atoms with van der Waals surface area (Å²) in [6.07, 6.45) is 3.59. The van der Waals surface area contributed by atoms with Crippen molar-refractivity contribution in [1.82, 2.24) is 4.72 Å². The first-order valence-electron chi connectivity index (χ1n) is 4.06. The van der Waals surface area contributed by atoms with Crippen LogP contribution in [0.5, 0.6) is 0 Å². The van der Waals surface area contributed by atoms with Crippen LogP contribution in [-0.2, 0) is 10.0 Å². The van der Waals surface area contributed by atoms with Crippen LogP contribution in [-0.4, -0.2) is 20.7 Å². The van der Waals surface area contributed by atoms with Gasteiger partial charge in [-0.25, -0.2) is 13.1 Å². The second-order valence-electron chi connectivity index (χ2n) is 3.09. The van der Waals surface area contributed by atoms with Crippen molar-refractivity contribution < 1.29 is 8.42 Å². The van der Waals surface area contributed by atoms with Crippen molar-refractivity contribution in [2.75, 3.05) is 12.3 Å². The molecule has 0 amide bonds. The third kappa shape index (κ3) is 6.37. The molecule has 0 saturated heterocycles. The summed E-state index contributed by atoms with van der Waals surface area (Å²) >= 11 is 0. The van der Waals surface area contributed by atoms with Gasteiger partial charge in [0.05, 0.1) is 5.75 Å². The zero-order valence-corrected chi connectivity index (χ0v) is 8.69. The Morgan fingerprint density at radius 1 is 1.42 bits per heavy atom. The molecule has 0 unspecified atom stereocenters. The van der Waals surface area contributed by atoms with Crippen LogP contribution in [0.2, 0.25) is 0 Å². The zero-order valence-electron chi connectivity index (χ0n) is 7.87. The summed E-state index contributed by atoms with van der Waals surface area (Å²) in [5.74, 6) is 0.373. The number of allylic oxidation sites excluding steroid dienone is 1. The molecule has 0 fully saturated rings. The topological polar surface area (TPSA) is 46.2 Å². The Kier molecular flexibility index (Phi) is 5.17. The van der Waals surface area contributed by atoms with Crippen LogP contribution in [0, 0.1) is 5.92 Å². The third-order valence-corrected chi connectivity index (χ3v) is 2.92. The molecule has 0 rings (SSSR count). The van der Waals surface area contributed by atoms with E-state index in [1.165, 1.54) is 0 Å². The molecule has 4 heteroatoms. The summed E-state index contributed by atoms with van der Waals surface area (Å²) in [4.78, 5) is 0. The van der Waals surface area contributed by atoms with Crippen molar-refractivity contribution >= 4 is 10.0 Å². The van der Waals surface area contributed by atoms with Crippen LogP contribution >= 0.6 is 0 Å². The molecule has 0 aromatic carbocycles. The molecule has 0 aromatic heterocycles. The van der Waals surface area contributed by atoms with E-state index >= 15 is 0 Å². The van der Waals surface area contributed by atoms with Gasteiger partial charge in [-0.15, -0.1) is 0 Å². The van der Waals surface area contributed by atoms with Gasteiger partial charge in [-0.3, -0.25) is 0 Å². The van der Waals surface area contributed by atoms with Gasteiger partial charge >= 0.3 is 0 Å². The van der Waals surface area contributed by atoms with E-state index in [0.29, 0.717) is 6.54 Å². The van der Waals surface area contributed by atoms with Crippen LogP contribution in [0.1, 0.15) is 20.8 Å². The molecule has 0 aliphatic carbocycles. The Balaban J connectivity index is 3.89. The molecule has 0 heterocycles. The van der Waals surface area contributed by atoms with Crippen LogP contribution in [0.3, 0.4) is 0 Å². The first-order chi connectivity index (χ1) is 5.48. The molecular weight excluding hydrogens is 174 g/mol. The van der Waals surface area contributed by atoms with E-state index in [2.05, 4.69) is 4.72 Å². The third-order valence-electron chi connectivity index (χ3n) is 1.21. The summed E-state index contributed by atoms with van der Waals surface area (Å²) in [5, 5.41) is 0. The lowest BCUT2D eigenvalue weighted by Crippen LogP contribution is -2.28. The van der Waals surface area contributed by atoms with E-state index in [9.17, 15) is 8.42 Å². The Morgan fingerprint density at radius 3 is 2.42 bits per heavy atom. The second-order valence-corrected chi connectivity index (χ2v) is 4.94. The predicted octanol–water partition coefficient (Wildman–Crippen LogP) is 1.14. The fourth-order valence-corrected chi connectivity index (χ4v) is 2.14. The first-order valence-corrected chi connectivity index (χ1v) is 5.71. The Morgan fingerprint density at radius 2 is 2.00 bits per heavy atom. The summed E-state index contributed by atoms with van der Waals surface area (Å²) in [6, 6.07) is 0. The van der Waals surface area contributed by atoms with Gasteiger partial charge in [0.15, 0.2) is 0 Å². The molecule has 1 N–H and O–H groups in total. The SMILES string of the molecule is CC=CCNS(=O)(=O)CC(C)C. The maximum atomic E-state index is 11.2. The first kappa shape index (κ1) is 11.6. The number of hydrogen-bond donors (Lipinski definition) is 1. The van der Waals surface area contributed by atoms with Crippen LogP contribution in [0.25, 0.3) is 0 Å². The normalized spacial score (nSPS) is 13.0. The van der Waals surface area contributed by atoms with Crippen molar-refractivity contribution in [2.24, 2.45) is 5.92 Å². The number of rotatable bonds is 5. The van der Waals surface area contributed by atoms with Gasteiger partial charge in [-0.1, -0.05) is 26.0 Å². The van der Waals surface area contributed by atoms with Gasteiger partial charge < -0.3 is 0 Å². The molecule has 72 valence electrons. The van der Waals surface area contributed by atoms with Crippen molar-refractivity contribution in [3.05, 3.63) is 12.2 Å². The highest BCUT2D eigenvalue weighted by Gasteiger charge is 2.10. The Labute approximate surface area is 74.9 Å². The molecule has 0 spiro atoms. The maximum Gasteiger partial charge on any atom is 0.212 e. The minimum atomic E-state index is -3.05. The predicted molar refractivity (Wildman–Crippen MR) is 51.4 cm³/mol. The molecule has 12 heavy (non-hydrogen) atoms. The van der Waals surface area contributed by atoms with E-state index in [0.717, 1.165) is 0 Å². The van der Waals surface area contributed by atoms with Crippen molar-refractivity contribution in [1.29, 1.82) is 0 Å². The smallest absolute Gasteiger partial charge is 0.212 e. The Hall–Kier alpha value is -0.350. The minimum absolute atomic E-state index is 0.174. The largest absolute Gasteiger partial charge is 0.212 e. The van der Waals surface area contributed by atoms with Gasteiger partial charge in [0.25, 0.3) is 0 Å². The zero-order chi connectivity index (χ0) is 9.61. The lowest BCUT2D eigenvalue weighted by atomic mass is 10.3. The molecule has 0 aliphatic heterocycles. The fraction of sp³-hybridized carbons (Fsp3) is 0.750. The van der Waals surface area contributed by atoms with Gasteiger partial charge in [0.2, 0.25) is 10.0 Å². The molecule has 0 saturated carbocycles. The molecule has 0 atom stereocenters. The van der Waals surface area contributed by atoms with E-state index in [1.807, 2.05) is 26.8 Å². The molecule has 0 aliphatic rings. The standard InChI is InChI=1S/C8H17NO2S/c1-4-5-6-9-12(10,11)7-8(2)3/h4-5,8-9H,6-7H2,1-3H3. The van der Waals surface area contributed by atoms with E-state index in [4.69, 9.17) is 0 Å². The van der Waals surface area contributed by atoms with E-state index in [-0.39, 0.29) is 11.7 Å². The number of hydrogen-bond acceptors (Lipinski definition) is 2. The lowest BCUT2D eigenvalue weighted by molar-refractivity contribution is 0.572. The van der Waals surface area contributed by atoms with Crippen LogP contribution in [0.15, 0.2) is 12.2 Å². The summed E-state index contributed by atoms with van der Waals surface area (Å²) < 4.78 is 24.8. The quantitative estimate of drug-likeness (QED) is 0.662. The fourth-order valence-electron chi connectivity index (χ4n) is 0.791. The van der Waals surface area contributed by atoms with Crippen LogP contribution in [0.4, 0.5) is 0 Å². The highest BCUT2D eigenvalue weighted by atomic mass is 32.2. The van der Waals surface area contributed by atoms with Crippen molar-refractivity contribution in [2.45, 2.75) is 20.8 Å². The highest BCUT2D eigenvalue weighted by molar-refractivity contribution is 7.89. The highest BCUT2D eigenvalue weighted by Crippen LogP contribution is 1.96. The van der Waals surface area contributed by atoms with Gasteiger partial charge in [-0.2, -0.15) is 0 Å². The van der Waals surface area contributed by atoms with E-state index in [1.54, 1.807) is 6.08 Å². The number of sulfonamides is 1. The van der Waals surface area contributed by atoms with Gasteiger partial charge in [-0.05, 0) is 12.8 Å². The number of nitrogens with one attached hydrogen (secondary N) is 1. The molecule has 3 nitrogen and oxygen atoms in total. The van der Waals surface area contributed by atoms with Gasteiger partial charge in [0, 0.05) is 6.54 Å². The summed E-state index contributed by atoms with van der Waals surface area (Å²) in [7, 11) is -3.05. The van der Waals surface area contributed by atoms with Gasteiger partial charge in [0.1, 0.15) is 0 Å². The summed E-state index contributed by atoms with van der Waals surface area (Å²) in [5.41, 5.74) is 0. The van der Waals surface area contributed by atoms with Crippen molar-refractivity contribution in [3.8, 4) is 0 Å². The maximum absolute atomic E-state index is 11.2. The second kappa shape index (κ2) is 5.32. The molecule has 0 bridgehead atoms. The minimum Gasteiger partial charge on any atom is -0.212 e. The van der Waals surface area contributed by atoms with E-state index < -0.39 is 10.0 Å². The average molecular weight is 191 g/mol.